The summed E-state index contributed by atoms with van der Waals surface area (Å²) in [6.07, 6.45) is 42.6. The van der Waals surface area contributed by atoms with Crippen LogP contribution in [-0.4, -0.2) is 11.1 Å². The van der Waals surface area contributed by atoms with Gasteiger partial charge in [-0.2, -0.15) is 0 Å². The van der Waals surface area contributed by atoms with Gasteiger partial charge in [-0.1, -0.05) is 115 Å². The molecule has 0 aromatic heterocycles. The molecule has 0 aromatic rings. The van der Waals surface area contributed by atoms with Crippen molar-refractivity contribution in [2.75, 3.05) is 0 Å². The molecular formula is C45H76O2. The highest BCUT2D eigenvalue weighted by Crippen LogP contribution is 2.68. The van der Waals surface area contributed by atoms with Crippen molar-refractivity contribution in [2.45, 2.75) is 189 Å². The minimum Gasteiger partial charge on any atom is -0.481 e. The smallest absolute Gasteiger partial charge is 0.310 e. The van der Waals surface area contributed by atoms with Gasteiger partial charge in [-0.05, 0) is 156 Å². The Labute approximate surface area is 292 Å². The molecule has 4 rings (SSSR count). The van der Waals surface area contributed by atoms with Crippen LogP contribution >= 0.6 is 0 Å². The van der Waals surface area contributed by atoms with E-state index in [1.165, 1.54) is 121 Å². The van der Waals surface area contributed by atoms with Gasteiger partial charge in [0.25, 0.3) is 0 Å². The van der Waals surface area contributed by atoms with Crippen LogP contribution < -0.4 is 0 Å². The zero-order valence-corrected chi connectivity index (χ0v) is 31.8. The van der Waals surface area contributed by atoms with Gasteiger partial charge < -0.3 is 5.11 Å². The van der Waals surface area contributed by atoms with Gasteiger partial charge in [0.1, 0.15) is 0 Å². The second-order valence-electron chi connectivity index (χ2n) is 17.6. The number of rotatable bonds is 20. The summed E-state index contributed by atoms with van der Waals surface area (Å²) >= 11 is 0. The fourth-order valence-corrected chi connectivity index (χ4v) is 11.9. The number of carboxylic acid groups (broad SMARTS) is 1. The zero-order chi connectivity index (χ0) is 33.7. The number of carbonyl (C=O) groups is 1. The summed E-state index contributed by atoms with van der Waals surface area (Å²) in [5.74, 6) is 4.70. The number of allylic oxidation sites excluding steroid dienone is 5. The van der Waals surface area contributed by atoms with Crippen molar-refractivity contribution >= 4 is 5.97 Å². The van der Waals surface area contributed by atoms with E-state index in [2.05, 4.69) is 65.0 Å². The normalized spacial score (nSPS) is 33.9. The summed E-state index contributed by atoms with van der Waals surface area (Å²) in [5, 5.41) is 9.92. The standard InChI is InChI=1S/C45H76O2/c1-6-7-8-9-10-11-12-13-14-15-16-17-18-19-25-37(43(46)47)34-35(2)23-22-24-36(3)40-29-30-41-39-28-27-38-26-20-21-32-44(38,4)42(39)31-33-45(40,41)5/h10-11,13-14,34,36-42H,6-9,12,15-33H2,1-5H3,(H,46,47)/b11-10-,14-13-,35-34?/t36-,37?,38?,39+,40-,41+,42+,44+,45-/m1/s1. The van der Waals surface area contributed by atoms with Crippen LogP contribution in [0.4, 0.5) is 0 Å². The molecule has 4 saturated carbocycles. The Morgan fingerprint density at radius 3 is 2.23 bits per heavy atom. The maximum Gasteiger partial charge on any atom is 0.310 e. The molecular weight excluding hydrogens is 572 g/mol. The van der Waals surface area contributed by atoms with Crippen LogP contribution in [-0.2, 0) is 4.79 Å². The Hall–Kier alpha value is -1.31. The number of unbranched alkanes of at least 4 members (excludes halogenated alkanes) is 7. The van der Waals surface area contributed by atoms with Crippen LogP contribution in [0.15, 0.2) is 36.0 Å². The summed E-state index contributed by atoms with van der Waals surface area (Å²) < 4.78 is 0. The molecule has 2 nitrogen and oxygen atoms in total. The predicted octanol–water partition coefficient (Wildman–Crippen LogP) is 13.9. The lowest BCUT2D eigenvalue weighted by Crippen LogP contribution is -2.53. The molecule has 0 aliphatic heterocycles. The molecule has 0 spiro atoms. The van der Waals surface area contributed by atoms with Gasteiger partial charge in [0.2, 0.25) is 0 Å². The average molecular weight is 649 g/mol. The fourth-order valence-electron chi connectivity index (χ4n) is 11.9. The lowest BCUT2D eigenvalue weighted by atomic mass is 9.44. The molecule has 2 heteroatoms. The van der Waals surface area contributed by atoms with Crippen molar-refractivity contribution in [3.8, 4) is 0 Å². The number of carboxylic acids is 1. The van der Waals surface area contributed by atoms with Gasteiger partial charge in [-0.15, -0.1) is 0 Å². The molecule has 268 valence electrons. The van der Waals surface area contributed by atoms with Crippen molar-refractivity contribution in [2.24, 2.45) is 52.3 Å². The summed E-state index contributed by atoms with van der Waals surface area (Å²) in [6.45, 7) is 12.4. The molecule has 2 unspecified atom stereocenters. The topological polar surface area (TPSA) is 37.3 Å². The third kappa shape index (κ3) is 10.4. The van der Waals surface area contributed by atoms with Gasteiger partial charge >= 0.3 is 5.97 Å². The highest BCUT2D eigenvalue weighted by molar-refractivity contribution is 5.72. The molecule has 4 aliphatic rings. The third-order valence-corrected chi connectivity index (χ3v) is 14.6. The van der Waals surface area contributed by atoms with E-state index in [0.717, 1.165) is 74.0 Å². The fraction of sp³-hybridized carbons (Fsp3) is 0.844. The molecule has 0 amide bonds. The first-order valence-corrected chi connectivity index (χ1v) is 20.9. The van der Waals surface area contributed by atoms with Crippen molar-refractivity contribution < 1.29 is 9.90 Å². The molecule has 1 N–H and O–H groups in total. The largest absolute Gasteiger partial charge is 0.481 e. The molecule has 0 heterocycles. The van der Waals surface area contributed by atoms with Crippen LogP contribution in [0, 0.1) is 52.3 Å². The van der Waals surface area contributed by atoms with E-state index in [1.54, 1.807) is 0 Å². The number of hydrogen-bond donors (Lipinski definition) is 1. The zero-order valence-electron chi connectivity index (χ0n) is 31.8. The molecule has 47 heavy (non-hydrogen) atoms. The summed E-state index contributed by atoms with van der Waals surface area (Å²) in [5.41, 5.74) is 2.49. The van der Waals surface area contributed by atoms with Crippen molar-refractivity contribution in [3.05, 3.63) is 36.0 Å². The number of fused-ring (bicyclic) bond motifs is 5. The monoisotopic (exact) mass is 649 g/mol. The van der Waals surface area contributed by atoms with Crippen molar-refractivity contribution in [1.82, 2.24) is 0 Å². The lowest BCUT2D eigenvalue weighted by Gasteiger charge is -2.61. The van der Waals surface area contributed by atoms with E-state index < -0.39 is 5.97 Å². The van der Waals surface area contributed by atoms with Crippen molar-refractivity contribution in [1.29, 1.82) is 0 Å². The molecule has 0 aromatic carbocycles. The Morgan fingerprint density at radius 2 is 1.49 bits per heavy atom. The van der Waals surface area contributed by atoms with E-state index in [9.17, 15) is 9.90 Å². The molecule has 4 fully saturated rings. The quantitative estimate of drug-likeness (QED) is 0.105. The summed E-state index contributed by atoms with van der Waals surface area (Å²) in [7, 11) is 0. The van der Waals surface area contributed by atoms with Crippen LogP contribution in [0.3, 0.4) is 0 Å². The highest BCUT2D eigenvalue weighted by atomic mass is 16.4. The van der Waals surface area contributed by atoms with E-state index in [0.29, 0.717) is 10.8 Å². The molecule has 0 radical (unpaired) electrons. The first-order valence-electron chi connectivity index (χ1n) is 20.9. The van der Waals surface area contributed by atoms with Gasteiger partial charge in [0, 0.05) is 0 Å². The third-order valence-electron chi connectivity index (χ3n) is 14.6. The van der Waals surface area contributed by atoms with Crippen LogP contribution in [0.1, 0.15) is 189 Å². The number of aliphatic carboxylic acids is 1. The molecule has 9 atom stereocenters. The molecule has 0 saturated heterocycles. The minimum absolute atomic E-state index is 0.317. The van der Waals surface area contributed by atoms with Gasteiger partial charge in [-0.25, -0.2) is 0 Å². The van der Waals surface area contributed by atoms with E-state index in [4.69, 9.17) is 0 Å². The second kappa shape index (κ2) is 19.2. The van der Waals surface area contributed by atoms with E-state index in [-0.39, 0.29) is 5.92 Å². The van der Waals surface area contributed by atoms with Gasteiger partial charge in [-0.3, -0.25) is 4.79 Å². The predicted molar refractivity (Wildman–Crippen MR) is 202 cm³/mol. The second-order valence-corrected chi connectivity index (χ2v) is 17.6. The maximum absolute atomic E-state index is 12.1. The Morgan fingerprint density at radius 1 is 0.766 bits per heavy atom. The van der Waals surface area contributed by atoms with Crippen LogP contribution in [0.5, 0.6) is 0 Å². The Balaban J connectivity index is 1.13. The molecule has 0 bridgehead atoms. The first kappa shape index (κ1) is 38.5. The lowest BCUT2D eigenvalue weighted by molar-refractivity contribution is -0.140. The van der Waals surface area contributed by atoms with Crippen molar-refractivity contribution in [3.63, 3.8) is 0 Å². The minimum atomic E-state index is -0.639. The average Bonchev–Trinajstić information content (AvgIpc) is 3.41. The molecule has 4 aliphatic carbocycles. The van der Waals surface area contributed by atoms with Gasteiger partial charge in [0.05, 0.1) is 5.92 Å². The van der Waals surface area contributed by atoms with Crippen LogP contribution in [0.25, 0.3) is 0 Å². The van der Waals surface area contributed by atoms with Crippen LogP contribution in [0.2, 0.25) is 0 Å². The SMILES string of the molecule is CCCCC/C=C\C/C=C\CCCCCCC(C=C(C)CCC[C@@H](C)[C@H]1CC[C@H]2[C@@H]3CCC4CCCC[C@]4(C)[C@H]3CC[C@]12C)C(=O)O. The van der Waals surface area contributed by atoms with E-state index >= 15 is 0 Å². The highest BCUT2D eigenvalue weighted by Gasteiger charge is 2.60. The first-order chi connectivity index (χ1) is 22.7. The summed E-state index contributed by atoms with van der Waals surface area (Å²) in [4.78, 5) is 12.1. The Kier molecular flexibility index (Phi) is 15.7. The maximum atomic E-state index is 12.1. The van der Waals surface area contributed by atoms with Gasteiger partial charge in [0.15, 0.2) is 0 Å². The summed E-state index contributed by atoms with van der Waals surface area (Å²) in [6, 6.07) is 0. The van der Waals surface area contributed by atoms with E-state index in [1.807, 2.05) is 0 Å². The number of hydrogen-bond acceptors (Lipinski definition) is 1. The Bertz CT molecular complexity index is 1020.